The molecule has 0 saturated carbocycles. The standard InChI is InChI=1S/C20H24N2O4/c1-15-4-7-17(8-5-15)24-11-3-2-10-21-20(23)22-13-16-6-9-18-19(12-16)26-14-25-18/h4-9,12H,2-3,10-11,13-14H2,1H3,(H2,21,22,23). The molecule has 0 atom stereocenters. The van der Waals surface area contributed by atoms with Gasteiger partial charge >= 0.3 is 6.03 Å². The van der Waals surface area contributed by atoms with Crippen LogP contribution < -0.4 is 24.8 Å². The zero-order valence-corrected chi connectivity index (χ0v) is 14.9. The van der Waals surface area contributed by atoms with E-state index in [0.717, 1.165) is 35.7 Å². The molecule has 138 valence electrons. The third kappa shape index (κ3) is 5.31. The van der Waals surface area contributed by atoms with Crippen molar-refractivity contribution in [3.05, 3.63) is 53.6 Å². The van der Waals surface area contributed by atoms with Crippen LogP contribution in [0.3, 0.4) is 0 Å². The van der Waals surface area contributed by atoms with Crippen LogP contribution in [-0.4, -0.2) is 26.0 Å². The highest BCUT2D eigenvalue weighted by Crippen LogP contribution is 2.32. The maximum atomic E-state index is 11.8. The molecule has 0 radical (unpaired) electrons. The van der Waals surface area contributed by atoms with E-state index < -0.39 is 0 Å². The Kier molecular flexibility index (Phi) is 6.19. The summed E-state index contributed by atoms with van der Waals surface area (Å²) in [4.78, 5) is 11.8. The second kappa shape index (κ2) is 8.99. The summed E-state index contributed by atoms with van der Waals surface area (Å²) in [5, 5.41) is 5.68. The number of hydrogen-bond acceptors (Lipinski definition) is 4. The summed E-state index contributed by atoms with van der Waals surface area (Å²) < 4.78 is 16.2. The van der Waals surface area contributed by atoms with Gasteiger partial charge < -0.3 is 24.8 Å². The Morgan fingerprint density at radius 1 is 1.04 bits per heavy atom. The maximum Gasteiger partial charge on any atom is 0.315 e. The van der Waals surface area contributed by atoms with Gasteiger partial charge in [-0.15, -0.1) is 0 Å². The lowest BCUT2D eigenvalue weighted by Gasteiger charge is -2.09. The van der Waals surface area contributed by atoms with Gasteiger partial charge in [0.2, 0.25) is 6.79 Å². The lowest BCUT2D eigenvalue weighted by atomic mass is 10.2. The van der Waals surface area contributed by atoms with Crippen LogP contribution in [0.15, 0.2) is 42.5 Å². The minimum atomic E-state index is -0.179. The Morgan fingerprint density at radius 2 is 1.85 bits per heavy atom. The third-order valence-electron chi connectivity index (χ3n) is 4.04. The number of benzene rings is 2. The van der Waals surface area contributed by atoms with Gasteiger partial charge in [-0.2, -0.15) is 0 Å². The molecule has 1 aliphatic heterocycles. The zero-order chi connectivity index (χ0) is 18.2. The number of ether oxygens (including phenoxy) is 3. The van der Waals surface area contributed by atoms with Crippen molar-refractivity contribution in [3.8, 4) is 17.2 Å². The number of carbonyl (C=O) groups is 1. The Balaban J connectivity index is 1.25. The van der Waals surface area contributed by atoms with E-state index in [2.05, 4.69) is 10.6 Å². The van der Waals surface area contributed by atoms with Crippen LogP contribution in [-0.2, 0) is 6.54 Å². The molecule has 0 spiro atoms. The Morgan fingerprint density at radius 3 is 2.69 bits per heavy atom. The topological polar surface area (TPSA) is 68.8 Å². The normalized spacial score (nSPS) is 11.9. The maximum absolute atomic E-state index is 11.8. The van der Waals surface area contributed by atoms with E-state index in [1.54, 1.807) is 0 Å². The molecule has 2 N–H and O–H groups in total. The lowest BCUT2D eigenvalue weighted by molar-refractivity contribution is 0.174. The fraction of sp³-hybridized carbons (Fsp3) is 0.350. The number of carbonyl (C=O) groups excluding carboxylic acids is 1. The van der Waals surface area contributed by atoms with Crippen LogP contribution in [0, 0.1) is 6.92 Å². The van der Waals surface area contributed by atoms with Gasteiger partial charge in [0, 0.05) is 13.1 Å². The van der Waals surface area contributed by atoms with Crippen molar-refractivity contribution in [2.75, 3.05) is 19.9 Å². The van der Waals surface area contributed by atoms with Crippen LogP contribution in [0.1, 0.15) is 24.0 Å². The summed E-state index contributed by atoms with van der Waals surface area (Å²) in [6, 6.07) is 13.5. The Hall–Kier alpha value is -2.89. The summed E-state index contributed by atoms with van der Waals surface area (Å²) >= 11 is 0. The van der Waals surface area contributed by atoms with Gasteiger partial charge in [0.05, 0.1) is 6.61 Å². The predicted molar refractivity (Wildman–Crippen MR) is 98.7 cm³/mol. The van der Waals surface area contributed by atoms with Crippen LogP contribution >= 0.6 is 0 Å². The average molecular weight is 356 g/mol. The molecule has 0 saturated heterocycles. The van der Waals surface area contributed by atoms with Crippen molar-refractivity contribution in [2.45, 2.75) is 26.3 Å². The minimum absolute atomic E-state index is 0.179. The molecule has 2 aromatic rings. The summed E-state index contributed by atoms with van der Waals surface area (Å²) in [5.74, 6) is 2.34. The quantitative estimate of drug-likeness (QED) is 0.712. The minimum Gasteiger partial charge on any atom is -0.494 e. The highest BCUT2D eigenvalue weighted by molar-refractivity contribution is 5.73. The van der Waals surface area contributed by atoms with Gasteiger partial charge in [-0.25, -0.2) is 4.79 Å². The first-order chi connectivity index (χ1) is 12.7. The number of hydrogen-bond donors (Lipinski definition) is 2. The van der Waals surface area contributed by atoms with Crippen molar-refractivity contribution in [1.29, 1.82) is 0 Å². The van der Waals surface area contributed by atoms with Gasteiger partial charge in [-0.1, -0.05) is 23.8 Å². The second-order valence-corrected chi connectivity index (χ2v) is 6.17. The van der Waals surface area contributed by atoms with Gasteiger partial charge in [0.25, 0.3) is 0 Å². The van der Waals surface area contributed by atoms with E-state index in [1.807, 2.05) is 49.4 Å². The van der Waals surface area contributed by atoms with E-state index >= 15 is 0 Å². The number of nitrogens with one attached hydrogen (secondary N) is 2. The van der Waals surface area contributed by atoms with Crippen LogP contribution in [0.5, 0.6) is 17.2 Å². The third-order valence-corrected chi connectivity index (χ3v) is 4.04. The largest absolute Gasteiger partial charge is 0.494 e. The first-order valence-electron chi connectivity index (χ1n) is 8.80. The molecule has 0 fully saturated rings. The highest BCUT2D eigenvalue weighted by atomic mass is 16.7. The Bertz CT molecular complexity index is 731. The lowest BCUT2D eigenvalue weighted by Crippen LogP contribution is -2.35. The molecule has 26 heavy (non-hydrogen) atoms. The van der Waals surface area contributed by atoms with Crippen LogP contribution in [0.2, 0.25) is 0 Å². The fourth-order valence-electron chi connectivity index (χ4n) is 2.55. The molecule has 1 heterocycles. The van der Waals surface area contributed by atoms with Crippen LogP contribution in [0.4, 0.5) is 4.79 Å². The summed E-state index contributed by atoms with van der Waals surface area (Å²) in [6.07, 6.45) is 1.75. The number of fused-ring (bicyclic) bond motifs is 1. The van der Waals surface area contributed by atoms with E-state index in [0.29, 0.717) is 19.7 Å². The summed E-state index contributed by atoms with van der Waals surface area (Å²) in [5.41, 5.74) is 2.18. The van der Waals surface area contributed by atoms with Gasteiger partial charge in [0.1, 0.15) is 5.75 Å². The molecule has 0 bridgehead atoms. The summed E-state index contributed by atoms with van der Waals surface area (Å²) in [6.45, 7) is 4.00. The molecular formula is C20H24N2O4. The van der Waals surface area contributed by atoms with E-state index in [1.165, 1.54) is 5.56 Å². The SMILES string of the molecule is Cc1ccc(OCCCCNC(=O)NCc2ccc3c(c2)OCO3)cc1. The van der Waals surface area contributed by atoms with Crippen molar-refractivity contribution in [2.24, 2.45) is 0 Å². The molecule has 0 unspecified atom stereocenters. The second-order valence-electron chi connectivity index (χ2n) is 6.17. The van der Waals surface area contributed by atoms with Crippen molar-refractivity contribution in [3.63, 3.8) is 0 Å². The molecule has 2 amide bonds. The molecule has 6 nitrogen and oxygen atoms in total. The Labute approximate surface area is 153 Å². The first-order valence-corrected chi connectivity index (χ1v) is 8.80. The monoisotopic (exact) mass is 356 g/mol. The molecule has 1 aliphatic rings. The fourth-order valence-corrected chi connectivity index (χ4v) is 2.55. The summed E-state index contributed by atoms with van der Waals surface area (Å²) in [7, 11) is 0. The van der Waals surface area contributed by atoms with Gasteiger partial charge in [-0.05, 0) is 49.6 Å². The highest BCUT2D eigenvalue weighted by Gasteiger charge is 2.13. The van der Waals surface area contributed by atoms with Gasteiger partial charge in [-0.3, -0.25) is 0 Å². The van der Waals surface area contributed by atoms with Crippen molar-refractivity contribution in [1.82, 2.24) is 10.6 Å². The zero-order valence-electron chi connectivity index (χ0n) is 14.9. The number of rotatable bonds is 8. The van der Waals surface area contributed by atoms with Crippen LogP contribution in [0.25, 0.3) is 0 Å². The van der Waals surface area contributed by atoms with Crippen molar-refractivity contribution >= 4 is 6.03 Å². The number of amides is 2. The smallest absolute Gasteiger partial charge is 0.315 e. The average Bonchev–Trinajstić information content (AvgIpc) is 3.12. The number of aryl methyl sites for hydroxylation is 1. The molecule has 6 heteroatoms. The molecular weight excluding hydrogens is 332 g/mol. The predicted octanol–water partition coefficient (Wildman–Crippen LogP) is 3.38. The van der Waals surface area contributed by atoms with E-state index in [9.17, 15) is 4.79 Å². The first kappa shape index (κ1) is 17.9. The molecule has 0 aliphatic carbocycles. The molecule has 0 aromatic heterocycles. The van der Waals surface area contributed by atoms with Crippen molar-refractivity contribution < 1.29 is 19.0 Å². The van der Waals surface area contributed by atoms with E-state index in [-0.39, 0.29) is 12.8 Å². The van der Waals surface area contributed by atoms with E-state index in [4.69, 9.17) is 14.2 Å². The number of unbranched alkanes of at least 4 members (excludes halogenated alkanes) is 1. The van der Waals surface area contributed by atoms with Gasteiger partial charge in [0.15, 0.2) is 11.5 Å². The number of urea groups is 1. The molecule has 3 rings (SSSR count). The molecule has 2 aromatic carbocycles.